The molecule has 2 aliphatic carbocycles. The van der Waals surface area contributed by atoms with E-state index in [0.717, 1.165) is 6.42 Å². The summed E-state index contributed by atoms with van der Waals surface area (Å²) in [6.07, 6.45) is 6.64. The number of carbonyl (C=O) groups excluding carboxylic acids is 1. The lowest BCUT2D eigenvalue weighted by Gasteiger charge is -2.28. The van der Waals surface area contributed by atoms with E-state index in [1.165, 1.54) is 6.42 Å². The molecular weight excluding hydrogens is 188 g/mol. The van der Waals surface area contributed by atoms with Crippen molar-refractivity contribution < 1.29 is 4.79 Å². The monoisotopic (exact) mass is 208 g/mol. The Hall–Kier alpha value is -0.830. The van der Waals surface area contributed by atoms with Crippen LogP contribution in [0.5, 0.6) is 0 Å². The third-order valence-corrected chi connectivity index (χ3v) is 3.59. The molecule has 3 nitrogen and oxygen atoms in total. The summed E-state index contributed by atoms with van der Waals surface area (Å²) >= 11 is 0. The van der Waals surface area contributed by atoms with E-state index in [2.05, 4.69) is 17.5 Å². The molecule has 2 aliphatic rings. The third-order valence-electron chi connectivity index (χ3n) is 3.59. The predicted octanol–water partition coefficient (Wildman–Crippen LogP) is 1.05. The lowest BCUT2D eigenvalue weighted by molar-refractivity contribution is -0.127. The Balaban J connectivity index is 1.95. The highest BCUT2D eigenvalue weighted by Crippen LogP contribution is 2.43. The number of fused-ring (bicyclic) bond motifs is 2. The zero-order valence-corrected chi connectivity index (χ0v) is 9.49. The Morgan fingerprint density at radius 2 is 2.20 bits per heavy atom. The van der Waals surface area contributed by atoms with Crippen LogP contribution in [0.2, 0.25) is 0 Å². The van der Waals surface area contributed by atoms with E-state index in [1.54, 1.807) is 0 Å². The normalized spacial score (nSPS) is 33.4. The Morgan fingerprint density at radius 1 is 1.47 bits per heavy atom. The van der Waals surface area contributed by atoms with E-state index < -0.39 is 0 Å². The van der Waals surface area contributed by atoms with Crippen molar-refractivity contribution in [1.29, 1.82) is 0 Å². The van der Waals surface area contributed by atoms with Crippen LogP contribution in [0.15, 0.2) is 12.2 Å². The molecule has 3 heteroatoms. The highest BCUT2D eigenvalue weighted by molar-refractivity contribution is 5.80. The average molecular weight is 208 g/mol. The summed E-state index contributed by atoms with van der Waals surface area (Å²) in [4.78, 5) is 12.0. The van der Waals surface area contributed by atoms with Gasteiger partial charge in [-0.1, -0.05) is 12.2 Å². The first-order valence-electron chi connectivity index (χ1n) is 5.72. The van der Waals surface area contributed by atoms with Crippen LogP contribution in [0.3, 0.4) is 0 Å². The van der Waals surface area contributed by atoms with Gasteiger partial charge in [-0.25, -0.2) is 0 Å². The molecule has 2 bridgehead atoms. The van der Waals surface area contributed by atoms with Gasteiger partial charge in [-0.3, -0.25) is 4.79 Å². The fourth-order valence-corrected chi connectivity index (χ4v) is 2.56. The summed E-state index contributed by atoms with van der Waals surface area (Å²) in [6, 6.07) is 0. The maximum atomic E-state index is 12.0. The van der Waals surface area contributed by atoms with Gasteiger partial charge in [0, 0.05) is 18.0 Å². The third kappa shape index (κ3) is 2.07. The molecule has 3 unspecified atom stereocenters. The molecule has 3 N–H and O–H groups in total. The van der Waals surface area contributed by atoms with Gasteiger partial charge in [-0.15, -0.1) is 0 Å². The zero-order valence-electron chi connectivity index (χ0n) is 9.49. The van der Waals surface area contributed by atoms with Crippen LogP contribution in [0.1, 0.15) is 26.7 Å². The van der Waals surface area contributed by atoms with Crippen LogP contribution in [-0.4, -0.2) is 18.0 Å². The molecular formula is C12H20N2O. The molecule has 0 radical (unpaired) electrons. The Morgan fingerprint density at radius 3 is 2.67 bits per heavy atom. The highest BCUT2D eigenvalue weighted by Gasteiger charge is 2.40. The van der Waals surface area contributed by atoms with Crippen LogP contribution in [0.4, 0.5) is 0 Å². The molecule has 0 aromatic carbocycles. The summed E-state index contributed by atoms with van der Waals surface area (Å²) in [6.45, 7) is 4.41. The lowest BCUT2D eigenvalue weighted by Crippen LogP contribution is -2.51. The van der Waals surface area contributed by atoms with Gasteiger partial charge in [0.1, 0.15) is 0 Å². The molecule has 0 aromatic rings. The maximum absolute atomic E-state index is 12.0. The Bertz CT molecular complexity index is 296. The lowest BCUT2D eigenvalue weighted by atomic mass is 9.91. The Kier molecular flexibility index (Phi) is 2.59. The fraction of sp³-hybridized carbons (Fsp3) is 0.750. The van der Waals surface area contributed by atoms with Crippen molar-refractivity contribution in [2.75, 3.05) is 6.54 Å². The first kappa shape index (κ1) is 10.7. The van der Waals surface area contributed by atoms with Gasteiger partial charge in [0.2, 0.25) is 5.91 Å². The molecule has 84 valence electrons. The van der Waals surface area contributed by atoms with Crippen molar-refractivity contribution in [2.24, 2.45) is 23.5 Å². The van der Waals surface area contributed by atoms with Gasteiger partial charge in [-0.05, 0) is 38.5 Å². The van der Waals surface area contributed by atoms with Gasteiger partial charge in [0.25, 0.3) is 0 Å². The van der Waals surface area contributed by atoms with Crippen molar-refractivity contribution in [2.45, 2.75) is 32.2 Å². The van der Waals surface area contributed by atoms with Crippen molar-refractivity contribution >= 4 is 5.91 Å². The standard InChI is InChI=1S/C12H20N2O/c1-12(2,7-13)14-11(15)10-6-8-3-4-9(10)5-8/h3-4,8-10H,5-7,13H2,1-2H3,(H,14,15). The number of hydrogen-bond acceptors (Lipinski definition) is 2. The predicted molar refractivity (Wildman–Crippen MR) is 60.1 cm³/mol. The van der Waals surface area contributed by atoms with Crippen molar-refractivity contribution in [3.8, 4) is 0 Å². The average Bonchev–Trinajstić information content (AvgIpc) is 2.78. The summed E-state index contributed by atoms with van der Waals surface area (Å²) in [5, 5.41) is 3.03. The van der Waals surface area contributed by atoms with E-state index in [-0.39, 0.29) is 17.4 Å². The van der Waals surface area contributed by atoms with Gasteiger partial charge >= 0.3 is 0 Å². The molecule has 0 aliphatic heterocycles. The zero-order chi connectivity index (χ0) is 11.1. The first-order chi connectivity index (χ1) is 7.02. The molecule has 1 fully saturated rings. The van der Waals surface area contributed by atoms with Crippen molar-refractivity contribution in [1.82, 2.24) is 5.32 Å². The van der Waals surface area contributed by atoms with Crippen molar-refractivity contribution in [3.63, 3.8) is 0 Å². The van der Waals surface area contributed by atoms with Crippen LogP contribution < -0.4 is 11.1 Å². The molecule has 3 atom stereocenters. The minimum atomic E-state index is -0.275. The largest absolute Gasteiger partial charge is 0.350 e. The number of nitrogens with one attached hydrogen (secondary N) is 1. The molecule has 2 rings (SSSR count). The summed E-state index contributed by atoms with van der Waals surface area (Å²) in [5.74, 6) is 1.49. The van der Waals surface area contributed by atoms with E-state index in [0.29, 0.717) is 18.4 Å². The second-order valence-electron chi connectivity index (χ2n) is 5.46. The number of allylic oxidation sites excluding steroid dienone is 2. The minimum Gasteiger partial charge on any atom is -0.350 e. The first-order valence-corrected chi connectivity index (χ1v) is 5.72. The van der Waals surface area contributed by atoms with Crippen LogP contribution in [0.25, 0.3) is 0 Å². The number of amides is 1. The smallest absolute Gasteiger partial charge is 0.224 e. The fourth-order valence-electron chi connectivity index (χ4n) is 2.56. The van der Waals surface area contributed by atoms with Gasteiger partial charge in [0.15, 0.2) is 0 Å². The molecule has 0 aromatic heterocycles. The summed E-state index contributed by atoms with van der Waals surface area (Å²) < 4.78 is 0. The molecule has 0 heterocycles. The summed E-state index contributed by atoms with van der Waals surface area (Å²) in [5.41, 5.74) is 5.33. The van der Waals surface area contributed by atoms with E-state index in [4.69, 9.17) is 5.73 Å². The quantitative estimate of drug-likeness (QED) is 0.681. The van der Waals surface area contributed by atoms with E-state index >= 15 is 0 Å². The molecule has 0 spiro atoms. The van der Waals surface area contributed by atoms with Crippen LogP contribution >= 0.6 is 0 Å². The second-order valence-corrected chi connectivity index (χ2v) is 5.46. The second kappa shape index (κ2) is 3.63. The topological polar surface area (TPSA) is 55.1 Å². The number of nitrogens with two attached hydrogens (primary N) is 1. The Labute approximate surface area is 91.1 Å². The van der Waals surface area contributed by atoms with Crippen molar-refractivity contribution in [3.05, 3.63) is 12.2 Å². The van der Waals surface area contributed by atoms with Gasteiger partial charge in [-0.2, -0.15) is 0 Å². The SMILES string of the molecule is CC(C)(CN)NC(=O)C1CC2C=CC1C2. The molecule has 1 amide bonds. The molecule has 15 heavy (non-hydrogen) atoms. The maximum Gasteiger partial charge on any atom is 0.224 e. The number of rotatable bonds is 3. The number of hydrogen-bond donors (Lipinski definition) is 2. The van der Waals surface area contributed by atoms with E-state index in [9.17, 15) is 4.79 Å². The minimum absolute atomic E-state index is 0.183. The van der Waals surface area contributed by atoms with Gasteiger partial charge < -0.3 is 11.1 Å². The van der Waals surface area contributed by atoms with Crippen LogP contribution in [-0.2, 0) is 4.79 Å². The van der Waals surface area contributed by atoms with Crippen LogP contribution in [0, 0.1) is 17.8 Å². The molecule has 0 saturated heterocycles. The number of carbonyl (C=O) groups is 1. The van der Waals surface area contributed by atoms with Gasteiger partial charge in [0.05, 0.1) is 0 Å². The van der Waals surface area contributed by atoms with E-state index in [1.807, 2.05) is 13.8 Å². The highest BCUT2D eigenvalue weighted by atomic mass is 16.2. The molecule has 1 saturated carbocycles. The summed E-state index contributed by atoms with van der Waals surface area (Å²) in [7, 11) is 0.